The number of aliphatic hydroxyl groups is 1. The largest absolute Gasteiger partial charge is 0.416 e. The Labute approximate surface area is 232 Å². The van der Waals surface area contributed by atoms with Crippen LogP contribution in [0.3, 0.4) is 0 Å². The molecule has 0 aliphatic carbocycles. The molecule has 2 aromatic carbocycles. The maximum atomic E-state index is 13.7. The van der Waals surface area contributed by atoms with E-state index in [1.165, 1.54) is 6.07 Å². The van der Waals surface area contributed by atoms with Gasteiger partial charge < -0.3 is 25.5 Å². The Bertz CT molecular complexity index is 1280. The highest BCUT2D eigenvalue weighted by atomic mass is 19.4. The van der Waals surface area contributed by atoms with Crippen LogP contribution in [0.4, 0.5) is 24.5 Å². The minimum absolute atomic E-state index is 0.0519. The Kier molecular flexibility index (Phi) is 7.85. The summed E-state index contributed by atoms with van der Waals surface area (Å²) in [4.78, 5) is 30.3. The molecule has 40 heavy (non-hydrogen) atoms. The van der Waals surface area contributed by atoms with Gasteiger partial charge in [0.15, 0.2) is 0 Å². The van der Waals surface area contributed by atoms with Gasteiger partial charge in [0.2, 0.25) is 5.91 Å². The normalized spacial score (nSPS) is 26.0. The minimum atomic E-state index is -4.62. The van der Waals surface area contributed by atoms with Crippen LogP contribution in [0.5, 0.6) is 0 Å². The van der Waals surface area contributed by atoms with Crippen LogP contribution in [0.2, 0.25) is 0 Å². The number of aliphatic hydroxyl groups excluding tert-OH is 1. The summed E-state index contributed by atoms with van der Waals surface area (Å²) in [6.45, 7) is 5.70. The van der Waals surface area contributed by atoms with Crippen molar-refractivity contribution in [3.05, 3.63) is 58.7 Å². The molecule has 0 spiro atoms. The number of carbonyl (C=O) groups excluding carboxylic acids is 2. The lowest BCUT2D eigenvalue weighted by Gasteiger charge is -2.47. The van der Waals surface area contributed by atoms with Crippen molar-refractivity contribution >= 4 is 23.2 Å². The molecule has 5 rings (SSSR count). The first-order valence-electron chi connectivity index (χ1n) is 14.0. The number of aryl methyl sites for hydroxylation is 1. The van der Waals surface area contributed by atoms with Crippen LogP contribution < -0.4 is 15.5 Å². The number of rotatable bonds is 4. The summed E-state index contributed by atoms with van der Waals surface area (Å²) in [6, 6.07) is 9.26. The summed E-state index contributed by atoms with van der Waals surface area (Å²) < 4.78 is 41.2. The monoisotopic (exact) mass is 558 g/mol. The van der Waals surface area contributed by atoms with Gasteiger partial charge in [0.05, 0.1) is 17.6 Å². The number of carbonyl (C=O) groups is 2. The first-order valence-corrected chi connectivity index (χ1v) is 14.0. The molecule has 3 aliphatic rings. The van der Waals surface area contributed by atoms with Gasteiger partial charge >= 0.3 is 6.18 Å². The molecule has 10 heteroatoms. The number of piperidine rings is 3. The van der Waals surface area contributed by atoms with Gasteiger partial charge in [-0.2, -0.15) is 13.2 Å². The number of alkyl halides is 3. The van der Waals surface area contributed by atoms with E-state index in [4.69, 9.17) is 0 Å². The molecule has 0 radical (unpaired) electrons. The van der Waals surface area contributed by atoms with Gasteiger partial charge in [-0.05, 0) is 86.9 Å². The zero-order valence-corrected chi connectivity index (χ0v) is 23.1. The van der Waals surface area contributed by atoms with Gasteiger partial charge in [-0.1, -0.05) is 6.07 Å². The highest BCUT2D eigenvalue weighted by Gasteiger charge is 2.43. The Hall–Kier alpha value is -3.11. The number of likely N-dealkylation sites (tertiary alicyclic amines) is 1. The molecule has 4 unspecified atom stereocenters. The van der Waals surface area contributed by atoms with Crippen LogP contribution >= 0.6 is 0 Å². The average Bonchev–Trinajstić information content (AvgIpc) is 2.92. The maximum Gasteiger partial charge on any atom is 0.416 e. The first-order chi connectivity index (χ1) is 18.9. The number of halogens is 3. The molecule has 4 atom stereocenters. The van der Waals surface area contributed by atoms with Crippen molar-refractivity contribution < 1.29 is 27.9 Å². The van der Waals surface area contributed by atoms with E-state index < -0.39 is 23.8 Å². The third kappa shape index (κ3) is 5.83. The van der Waals surface area contributed by atoms with E-state index in [1.807, 2.05) is 24.9 Å². The zero-order valence-electron chi connectivity index (χ0n) is 23.1. The summed E-state index contributed by atoms with van der Waals surface area (Å²) in [7, 11) is 1.86. The third-order valence-corrected chi connectivity index (χ3v) is 8.80. The summed E-state index contributed by atoms with van der Waals surface area (Å²) in [6.07, 6.45) is -2.57. The predicted octanol–water partition coefficient (Wildman–Crippen LogP) is 4.54. The second-order valence-electron chi connectivity index (χ2n) is 11.6. The number of benzene rings is 2. The van der Waals surface area contributed by atoms with E-state index in [0.717, 1.165) is 36.2 Å². The lowest BCUT2D eigenvalue weighted by molar-refractivity contribution is -0.140. The topological polar surface area (TPSA) is 84.9 Å². The fourth-order valence-corrected chi connectivity index (χ4v) is 6.42. The van der Waals surface area contributed by atoms with Crippen molar-refractivity contribution in [2.24, 2.45) is 5.92 Å². The molecule has 216 valence electrons. The van der Waals surface area contributed by atoms with E-state index in [-0.39, 0.29) is 23.4 Å². The lowest BCUT2D eigenvalue weighted by atomic mass is 9.75. The van der Waals surface area contributed by atoms with Crippen LogP contribution in [0.1, 0.15) is 65.6 Å². The Morgan fingerprint density at radius 3 is 2.52 bits per heavy atom. The summed E-state index contributed by atoms with van der Waals surface area (Å²) in [5.41, 5.74) is 1.48. The molecular weight excluding hydrogens is 521 g/mol. The molecule has 7 nitrogen and oxygen atoms in total. The molecule has 2 aromatic rings. The average molecular weight is 559 g/mol. The van der Waals surface area contributed by atoms with E-state index >= 15 is 0 Å². The van der Waals surface area contributed by atoms with Crippen molar-refractivity contribution in [1.82, 2.24) is 10.2 Å². The van der Waals surface area contributed by atoms with Crippen molar-refractivity contribution in [3.8, 4) is 0 Å². The van der Waals surface area contributed by atoms with Crippen LogP contribution in [-0.2, 0) is 11.0 Å². The Morgan fingerprint density at radius 1 is 1.10 bits per heavy atom. The summed E-state index contributed by atoms with van der Waals surface area (Å²) in [5.74, 6) is -0.637. The number of hydrogen-bond donors (Lipinski definition) is 3. The quantitative estimate of drug-likeness (QED) is 0.513. The van der Waals surface area contributed by atoms with Gasteiger partial charge in [0.1, 0.15) is 0 Å². The fraction of sp³-hybridized carbons (Fsp3) is 0.533. The number of likely N-dealkylation sites (N-methyl/N-ethyl adjacent to an activating group) is 1. The highest BCUT2D eigenvalue weighted by molar-refractivity contribution is 6.05. The summed E-state index contributed by atoms with van der Waals surface area (Å²) >= 11 is 0. The smallest absolute Gasteiger partial charge is 0.393 e. The Balaban J connectivity index is 1.39. The molecule has 3 aliphatic heterocycles. The predicted molar refractivity (Wildman–Crippen MR) is 148 cm³/mol. The van der Waals surface area contributed by atoms with E-state index in [9.17, 15) is 27.9 Å². The second-order valence-corrected chi connectivity index (χ2v) is 11.6. The summed E-state index contributed by atoms with van der Waals surface area (Å²) in [5, 5.41) is 16.1. The van der Waals surface area contributed by atoms with Crippen molar-refractivity contribution in [3.63, 3.8) is 0 Å². The number of fused-ring (bicyclic) bond motifs is 1. The second kappa shape index (κ2) is 11.0. The number of nitrogens with one attached hydrogen (secondary N) is 2. The van der Waals surface area contributed by atoms with E-state index in [1.54, 1.807) is 17.0 Å². The Morgan fingerprint density at radius 2 is 1.82 bits per heavy atom. The van der Waals surface area contributed by atoms with Gasteiger partial charge in [0.25, 0.3) is 5.91 Å². The van der Waals surface area contributed by atoms with Crippen molar-refractivity contribution in [2.75, 3.05) is 36.9 Å². The molecule has 0 bridgehead atoms. The van der Waals surface area contributed by atoms with Gasteiger partial charge in [-0.25, -0.2) is 0 Å². The van der Waals surface area contributed by atoms with Gasteiger partial charge in [0, 0.05) is 55.7 Å². The number of hydrogen-bond acceptors (Lipinski definition) is 5. The van der Waals surface area contributed by atoms with E-state index in [0.29, 0.717) is 55.7 Å². The van der Waals surface area contributed by atoms with E-state index in [2.05, 4.69) is 17.6 Å². The number of amides is 2. The van der Waals surface area contributed by atoms with Crippen LogP contribution in [0.25, 0.3) is 0 Å². The third-order valence-electron chi connectivity index (χ3n) is 8.80. The van der Waals surface area contributed by atoms with Crippen molar-refractivity contribution in [2.45, 2.75) is 69.8 Å². The molecule has 2 amide bonds. The fourth-order valence-electron chi connectivity index (χ4n) is 6.42. The van der Waals surface area contributed by atoms with Crippen LogP contribution in [0.15, 0.2) is 36.4 Å². The van der Waals surface area contributed by atoms with Gasteiger partial charge in [-0.3, -0.25) is 9.59 Å². The van der Waals surface area contributed by atoms with Gasteiger partial charge in [-0.15, -0.1) is 0 Å². The molecule has 0 saturated carbocycles. The molecule has 0 aromatic heterocycles. The van der Waals surface area contributed by atoms with Crippen LogP contribution in [0, 0.1) is 12.8 Å². The number of nitrogens with zero attached hydrogens (tertiary/aromatic N) is 2. The molecule has 3 heterocycles. The molecule has 3 N–H and O–H groups in total. The SMILES string of the molecule is Cc1ccc(NC(=O)c2cc(N3CCC(O)CC3)cc(C(F)(F)F)c2)cc1C1CC2CNC(C)CC2N(C)C1=O. The molecule has 3 fully saturated rings. The van der Waals surface area contributed by atoms with Crippen LogP contribution in [-0.4, -0.2) is 66.7 Å². The molecule has 3 saturated heterocycles. The lowest BCUT2D eigenvalue weighted by Crippen LogP contribution is -2.57. The standard InChI is InChI=1S/C30H37F3N4O3/c1-17-4-5-22(15-25(17)26-13-20-16-34-18(2)10-27(20)36(3)29(26)40)35-28(39)19-11-21(30(31,32)33)14-23(12-19)37-8-6-24(38)7-9-37/h4-5,11-12,14-15,18,20,24,26-27,34,38H,6-10,13,16H2,1-3H3,(H,35,39). The minimum Gasteiger partial charge on any atom is -0.393 e. The number of anilines is 2. The molecular formula is C30H37F3N4O3. The van der Waals surface area contributed by atoms with Crippen molar-refractivity contribution in [1.29, 1.82) is 0 Å². The maximum absolute atomic E-state index is 13.7. The first kappa shape index (κ1) is 28.4. The zero-order chi connectivity index (χ0) is 28.8. The highest BCUT2D eigenvalue weighted by Crippen LogP contribution is 2.39.